The van der Waals surface area contributed by atoms with Crippen LogP contribution in [0.5, 0.6) is 0 Å². The Morgan fingerprint density at radius 2 is 1.40 bits per heavy atom. The molecule has 4 amide bonds. The standard InChI is InChI=1S/C32H24N4O4/c1-35(27(37)19-36-31(39)23-11-5-6-12-24(23)32(36)40)22-17-15-21(16-18-22)33-29(20-9-3-2-4-10-20)28-25-13-7-8-14-26(25)34-30(28)38/h2-18,28H,19H2,1H3,(H,34,38). The second-order valence-corrected chi connectivity index (χ2v) is 9.58. The van der Waals surface area contributed by atoms with Crippen LogP contribution in [0.25, 0.3) is 0 Å². The number of carbonyl (C=O) groups excluding carboxylic acids is 4. The Morgan fingerprint density at radius 1 is 0.800 bits per heavy atom. The first-order chi connectivity index (χ1) is 19.4. The van der Waals surface area contributed by atoms with Gasteiger partial charge in [-0.25, -0.2) is 0 Å². The zero-order chi connectivity index (χ0) is 27.8. The summed E-state index contributed by atoms with van der Waals surface area (Å²) >= 11 is 0. The van der Waals surface area contributed by atoms with Crippen LogP contribution in [0.2, 0.25) is 0 Å². The molecule has 0 bridgehead atoms. The van der Waals surface area contributed by atoms with Gasteiger partial charge in [0.05, 0.1) is 22.5 Å². The lowest BCUT2D eigenvalue weighted by molar-refractivity contribution is -0.118. The minimum Gasteiger partial charge on any atom is -0.325 e. The quantitative estimate of drug-likeness (QED) is 0.287. The molecule has 2 aliphatic heterocycles. The van der Waals surface area contributed by atoms with Crippen LogP contribution in [0.4, 0.5) is 17.1 Å². The van der Waals surface area contributed by atoms with E-state index in [-0.39, 0.29) is 12.5 Å². The van der Waals surface area contributed by atoms with E-state index in [0.29, 0.717) is 28.2 Å². The Bertz CT molecular complexity index is 1660. The highest BCUT2D eigenvalue weighted by Gasteiger charge is 2.37. The SMILES string of the molecule is CN(C(=O)CN1C(=O)c2ccccc2C1=O)c1ccc(N=C(c2ccccc2)C2C(=O)Nc3ccccc32)cc1. The number of benzene rings is 4. The molecule has 0 saturated carbocycles. The summed E-state index contributed by atoms with van der Waals surface area (Å²) in [5.41, 5.74) is 4.88. The van der Waals surface area contributed by atoms with Crippen LogP contribution in [0.1, 0.15) is 37.8 Å². The molecule has 1 atom stereocenters. The third-order valence-corrected chi connectivity index (χ3v) is 7.17. The number of nitrogens with zero attached hydrogens (tertiary/aromatic N) is 3. The number of anilines is 2. The third-order valence-electron chi connectivity index (χ3n) is 7.17. The summed E-state index contributed by atoms with van der Waals surface area (Å²) in [5.74, 6) is -2.06. The van der Waals surface area contributed by atoms with E-state index in [4.69, 9.17) is 4.99 Å². The summed E-state index contributed by atoms with van der Waals surface area (Å²) in [5, 5.41) is 2.95. The minimum absolute atomic E-state index is 0.140. The summed E-state index contributed by atoms with van der Waals surface area (Å²) < 4.78 is 0. The summed E-state index contributed by atoms with van der Waals surface area (Å²) in [6.45, 7) is -0.364. The van der Waals surface area contributed by atoms with Crippen molar-refractivity contribution in [2.45, 2.75) is 5.92 Å². The predicted molar refractivity (Wildman–Crippen MR) is 152 cm³/mol. The molecule has 0 aliphatic carbocycles. The van der Waals surface area contributed by atoms with Crippen LogP contribution >= 0.6 is 0 Å². The monoisotopic (exact) mass is 528 g/mol. The number of amides is 4. The van der Waals surface area contributed by atoms with E-state index in [0.717, 1.165) is 21.7 Å². The van der Waals surface area contributed by atoms with Crippen molar-refractivity contribution < 1.29 is 19.2 Å². The van der Waals surface area contributed by atoms with Gasteiger partial charge in [0, 0.05) is 18.4 Å². The van der Waals surface area contributed by atoms with Crippen molar-refractivity contribution in [3.8, 4) is 0 Å². The number of hydrogen-bond donors (Lipinski definition) is 1. The van der Waals surface area contributed by atoms with Crippen molar-refractivity contribution in [3.63, 3.8) is 0 Å². The fourth-order valence-corrected chi connectivity index (χ4v) is 5.04. The van der Waals surface area contributed by atoms with Crippen molar-refractivity contribution in [2.75, 3.05) is 23.8 Å². The van der Waals surface area contributed by atoms with Crippen molar-refractivity contribution in [3.05, 3.63) is 125 Å². The maximum Gasteiger partial charge on any atom is 0.262 e. The number of para-hydroxylation sites is 1. The molecule has 2 aliphatic rings. The zero-order valence-electron chi connectivity index (χ0n) is 21.6. The number of hydrogen-bond acceptors (Lipinski definition) is 5. The number of rotatable bonds is 6. The second kappa shape index (κ2) is 10.1. The molecule has 4 aromatic carbocycles. The molecule has 40 heavy (non-hydrogen) atoms. The normalized spacial score (nSPS) is 16.0. The lowest BCUT2D eigenvalue weighted by atomic mass is 9.90. The molecule has 0 saturated heterocycles. The van der Waals surface area contributed by atoms with Gasteiger partial charge in [-0.1, -0.05) is 60.7 Å². The van der Waals surface area contributed by atoms with E-state index in [1.54, 1.807) is 55.6 Å². The lowest BCUT2D eigenvalue weighted by Gasteiger charge is -2.21. The highest BCUT2D eigenvalue weighted by molar-refractivity contribution is 6.24. The van der Waals surface area contributed by atoms with Crippen LogP contribution in [-0.4, -0.2) is 47.8 Å². The van der Waals surface area contributed by atoms with Crippen molar-refractivity contribution in [2.24, 2.45) is 4.99 Å². The fourth-order valence-electron chi connectivity index (χ4n) is 5.04. The fraction of sp³-hybridized carbons (Fsp3) is 0.0938. The molecule has 2 heterocycles. The van der Waals surface area contributed by atoms with E-state index in [1.807, 2.05) is 54.6 Å². The van der Waals surface area contributed by atoms with Crippen LogP contribution in [0, 0.1) is 0 Å². The number of imide groups is 1. The smallest absolute Gasteiger partial charge is 0.262 e. The van der Waals surface area contributed by atoms with Gasteiger partial charge in [0.25, 0.3) is 11.8 Å². The number of likely N-dealkylation sites (N-methyl/N-ethyl adjacent to an activating group) is 1. The molecule has 8 heteroatoms. The molecular formula is C32H24N4O4. The number of carbonyl (C=O) groups is 4. The predicted octanol–water partition coefficient (Wildman–Crippen LogP) is 4.80. The highest BCUT2D eigenvalue weighted by atomic mass is 16.2. The van der Waals surface area contributed by atoms with Gasteiger partial charge in [0.2, 0.25) is 11.8 Å². The molecule has 8 nitrogen and oxygen atoms in total. The topological polar surface area (TPSA) is 99.2 Å². The van der Waals surface area contributed by atoms with Gasteiger partial charge >= 0.3 is 0 Å². The van der Waals surface area contributed by atoms with Crippen molar-refractivity contribution in [1.29, 1.82) is 0 Å². The summed E-state index contributed by atoms with van der Waals surface area (Å²) in [6, 6.07) is 30.7. The molecule has 0 fully saturated rings. The zero-order valence-corrected chi connectivity index (χ0v) is 21.6. The molecule has 1 unspecified atom stereocenters. The molecule has 0 aromatic heterocycles. The summed E-state index contributed by atoms with van der Waals surface area (Å²) in [7, 11) is 1.59. The van der Waals surface area contributed by atoms with Crippen LogP contribution in [0.15, 0.2) is 108 Å². The number of aliphatic imine (C=N–C) groups is 1. The van der Waals surface area contributed by atoms with Gasteiger partial charge in [0.15, 0.2) is 0 Å². The van der Waals surface area contributed by atoms with Gasteiger partial charge in [-0.2, -0.15) is 0 Å². The largest absolute Gasteiger partial charge is 0.325 e. The van der Waals surface area contributed by atoms with E-state index in [2.05, 4.69) is 5.32 Å². The Kier molecular flexibility index (Phi) is 6.28. The minimum atomic E-state index is -0.567. The molecule has 0 spiro atoms. The first-order valence-corrected chi connectivity index (χ1v) is 12.8. The van der Waals surface area contributed by atoms with Crippen molar-refractivity contribution in [1.82, 2.24) is 4.90 Å². The van der Waals surface area contributed by atoms with E-state index in [9.17, 15) is 19.2 Å². The van der Waals surface area contributed by atoms with Gasteiger partial charge in [-0.15, -0.1) is 0 Å². The lowest BCUT2D eigenvalue weighted by Crippen LogP contribution is -2.41. The Morgan fingerprint density at radius 3 is 2.08 bits per heavy atom. The maximum atomic E-state index is 13.0. The highest BCUT2D eigenvalue weighted by Crippen LogP contribution is 2.36. The first kappa shape index (κ1) is 24.9. The van der Waals surface area contributed by atoms with E-state index in [1.165, 1.54) is 4.90 Å². The van der Waals surface area contributed by atoms with Crippen LogP contribution < -0.4 is 10.2 Å². The number of nitrogens with one attached hydrogen (secondary N) is 1. The van der Waals surface area contributed by atoms with Gasteiger partial charge in [-0.05, 0) is 53.6 Å². The molecule has 0 radical (unpaired) electrons. The van der Waals surface area contributed by atoms with Gasteiger partial charge < -0.3 is 10.2 Å². The van der Waals surface area contributed by atoms with E-state index >= 15 is 0 Å². The average Bonchev–Trinajstić information content (AvgIpc) is 3.44. The van der Waals surface area contributed by atoms with E-state index < -0.39 is 23.6 Å². The Hall–Kier alpha value is -5.37. The Balaban J connectivity index is 1.25. The van der Waals surface area contributed by atoms with Crippen LogP contribution in [-0.2, 0) is 9.59 Å². The molecule has 6 rings (SSSR count). The first-order valence-electron chi connectivity index (χ1n) is 12.8. The van der Waals surface area contributed by atoms with Crippen LogP contribution in [0.3, 0.4) is 0 Å². The summed E-state index contributed by atoms with van der Waals surface area (Å²) in [4.78, 5) is 58.6. The maximum absolute atomic E-state index is 13.0. The van der Waals surface area contributed by atoms with Crippen molar-refractivity contribution >= 4 is 46.4 Å². The molecule has 1 N–H and O–H groups in total. The average molecular weight is 529 g/mol. The van der Waals surface area contributed by atoms with Gasteiger partial charge in [-0.3, -0.25) is 29.1 Å². The molecule has 4 aromatic rings. The second-order valence-electron chi connectivity index (χ2n) is 9.58. The third kappa shape index (κ3) is 4.35. The van der Waals surface area contributed by atoms with Gasteiger partial charge in [0.1, 0.15) is 12.5 Å². The Labute approximate surface area is 230 Å². The molecular weight excluding hydrogens is 504 g/mol. The number of fused-ring (bicyclic) bond motifs is 2. The molecule has 196 valence electrons. The summed E-state index contributed by atoms with van der Waals surface area (Å²) in [6.07, 6.45) is 0.